The predicted octanol–water partition coefficient (Wildman–Crippen LogP) is 3.86. The molecule has 0 aliphatic heterocycles. The summed E-state index contributed by atoms with van der Waals surface area (Å²) in [5, 5.41) is 3.42. The van der Waals surface area contributed by atoms with E-state index in [1.165, 1.54) is 21.8 Å². The van der Waals surface area contributed by atoms with Crippen molar-refractivity contribution in [2.45, 2.75) is 45.1 Å². The van der Waals surface area contributed by atoms with E-state index in [2.05, 4.69) is 50.4 Å². The Balaban J connectivity index is 1.76. The molecule has 0 saturated carbocycles. The molecule has 1 aliphatic carbocycles. The average molecular weight is 286 g/mol. The summed E-state index contributed by atoms with van der Waals surface area (Å²) in [5.41, 5.74) is 10.5. The molecule has 0 amide bonds. The van der Waals surface area contributed by atoms with Crippen molar-refractivity contribution >= 4 is 11.3 Å². The largest absolute Gasteiger partial charge is 0.324 e. The minimum atomic E-state index is 0.134. The maximum Gasteiger partial charge on any atom is 0.0932 e. The van der Waals surface area contributed by atoms with E-state index in [1.807, 2.05) is 0 Å². The van der Waals surface area contributed by atoms with Crippen LogP contribution in [0.2, 0.25) is 0 Å². The van der Waals surface area contributed by atoms with Gasteiger partial charge in [-0.2, -0.15) is 0 Å². The standard InChI is InChI=1S/C17H22N2S/c1-17(2,3)14-10-20-15(19-14)9-12-8-11-6-4-5-7-13(11)16(12)18/h4-7,10,12,16H,8-9,18H2,1-3H3. The fraction of sp³-hybridized carbons (Fsp3) is 0.471. The number of hydrogen-bond acceptors (Lipinski definition) is 3. The molecule has 2 N–H and O–H groups in total. The zero-order valence-corrected chi connectivity index (χ0v) is 13.2. The van der Waals surface area contributed by atoms with Crippen LogP contribution in [0.15, 0.2) is 29.6 Å². The number of nitrogens with zero attached hydrogens (tertiary/aromatic N) is 1. The second-order valence-corrected chi connectivity index (χ2v) is 7.71. The minimum absolute atomic E-state index is 0.134. The van der Waals surface area contributed by atoms with Gasteiger partial charge in [0, 0.05) is 23.3 Å². The lowest BCUT2D eigenvalue weighted by Gasteiger charge is -2.16. The zero-order valence-electron chi connectivity index (χ0n) is 12.4. The third-order valence-electron chi connectivity index (χ3n) is 4.16. The van der Waals surface area contributed by atoms with Crippen molar-refractivity contribution in [1.29, 1.82) is 0 Å². The number of thiazole rings is 1. The number of benzene rings is 1. The number of aromatic nitrogens is 1. The van der Waals surface area contributed by atoms with Crippen molar-refractivity contribution in [3.8, 4) is 0 Å². The van der Waals surface area contributed by atoms with Gasteiger partial charge < -0.3 is 5.73 Å². The topological polar surface area (TPSA) is 38.9 Å². The molecule has 2 nitrogen and oxygen atoms in total. The van der Waals surface area contributed by atoms with Crippen LogP contribution in [-0.2, 0) is 18.3 Å². The molecular weight excluding hydrogens is 264 g/mol. The first-order chi connectivity index (χ1) is 9.45. The third-order valence-corrected chi connectivity index (χ3v) is 5.03. The van der Waals surface area contributed by atoms with Crippen LogP contribution in [0, 0.1) is 5.92 Å². The monoisotopic (exact) mass is 286 g/mol. The summed E-state index contributed by atoms with van der Waals surface area (Å²) in [6.07, 6.45) is 2.08. The smallest absolute Gasteiger partial charge is 0.0932 e. The first-order valence-corrected chi connectivity index (χ1v) is 8.11. The molecule has 3 heteroatoms. The van der Waals surface area contributed by atoms with Crippen molar-refractivity contribution in [3.05, 3.63) is 51.5 Å². The highest BCUT2D eigenvalue weighted by Gasteiger charge is 2.30. The van der Waals surface area contributed by atoms with Gasteiger partial charge in [-0.15, -0.1) is 11.3 Å². The van der Waals surface area contributed by atoms with Gasteiger partial charge in [0.25, 0.3) is 0 Å². The molecule has 2 aromatic rings. The molecule has 0 bridgehead atoms. The van der Waals surface area contributed by atoms with Gasteiger partial charge in [0.15, 0.2) is 0 Å². The van der Waals surface area contributed by atoms with Gasteiger partial charge in [-0.25, -0.2) is 4.98 Å². The van der Waals surface area contributed by atoms with Gasteiger partial charge in [0.1, 0.15) is 0 Å². The molecule has 106 valence electrons. The van der Waals surface area contributed by atoms with E-state index < -0.39 is 0 Å². The first kappa shape index (κ1) is 13.8. The molecule has 2 unspecified atom stereocenters. The van der Waals surface area contributed by atoms with Crippen LogP contribution in [0.1, 0.15) is 48.6 Å². The minimum Gasteiger partial charge on any atom is -0.324 e. The van der Waals surface area contributed by atoms with E-state index in [1.54, 1.807) is 11.3 Å². The highest BCUT2D eigenvalue weighted by atomic mass is 32.1. The Morgan fingerprint density at radius 3 is 2.70 bits per heavy atom. The van der Waals surface area contributed by atoms with Gasteiger partial charge in [0.2, 0.25) is 0 Å². The summed E-state index contributed by atoms with van der Waals surface area (Å²) in [6, 6.07) is 8.73. The van der Waals surface area contributed by atoms with Crippen LogP contribution in [0.4, 0.5) is 0 Å². The second-order valence-electron chi connectivity index (χ2n) is 6.77. The van der Waals surface area contributed by atoms with Gasteiger partial charge in [0.05, 0.1) is 10.7 Å². The molecule has 20 heavy (non-hydrogen) atoms. The van der Waals surface area contributed by atoms with E-state index in [9.17, 15) is 0 Å². The van der Waals surface area contributed by atoms with Crippen LogP contribution in [0.5, 0.6) is 0 Å². The Hall–Kier alpha value is -1.19. The first-order valence-electron chi connectivity index (χ1n) is 7.23. The number of hydrogen-bond donors (Lipinski definition) is 1. The van der Waals surface area contributed by atoms with Crippen molar-refractivity contribution in [2.75, 3.05) is 0 Å². The van der Waals surface area contributed by atoms with Crippen molar-refractivity contribution in [1.82, 2.24) is 4.98 Å². The zero-order chi connectivity index (χ0) is 14.3. The lowest BCUT2D eigenvalue weighted by Crippen LogP contribution is -2.19. The van der Waals surface area contributed by atoms with Gasteiger partial charge >= 0.3 is 0 Å². The maximum atomic E-state index is 6.41. The van der Waals surface area contributed by atoms with Crippen LogP contribution in [0.3, 0.4) is 0 Å². The van der Waals surface area contributed by atoms with Crippen LogP contribution in [0.25, 0.3) is 0 Å². The lowest BCUT2D eigenvalue weighted by molar-refractivity contribution is 0.462. The molecule has 0 fully saturated rings. The maximum absolute atomic E-state index is 6.41. The summed E-state index contributed by atoms with van der Waals surface area (Å²) < 4.78 is 0. The highest BCUT2D eigenvalue weighted by Crippen LogP contribution is 2.37. The summed E-state index contributed by atoms with van der Waals surface area (Å²) in [7, 11) is 0. The number of fused-ring (bicyclic) bond motifs is 1. The molecule has 1 heterocycles. The molecular formula is C17H22N2S. The summed E-state index contributed by atoms with van der Waals surface area (Å²) >= 11 is 1.78. The molecule has 3 rings (SSSR count). The quantitative estimate of drug-likeness (QED) is 0.910. The van der Waals surface area contributed by atoms with E-state index in [-0.39, 0.29) is 11.5 Å². The fourth-order valence-electron chi connectivity index (χ4n) is 2.88. The summed E-state index contributed by atoms with van der Waals surface area (Å²) in [5.74, 6) is 0.492. The Morgan fingerprint density at radius 1 is 1.30 bits per heavy atom. The van der Waals surface area contributed by atoms with Crippen LogP contribution >= 0.6 is 11.3 Å². The van der Waals surface area contributed by atoms with E-state index in [4.69, 9.17) is 10.7 Å². The normalized spacial score (nSPS) is 22.0. The van der Waals surface area contributed by atoms with E-state index in [0.29, 0.717) is 5.92 Å². The Labute approximate surface area is 125 Å². The molecule has 0 spiro atoms. The van der Waals surface area contributed by atoms with Gasteiger partial charge in [-0.05, 0) is 23.5 Å². The fourth-order valence-corrected chi connectivity index (χ4v) is 4.00. The van der Waals surface area contributed by atoms with E-state index in [0.717, 1.165) is 12.8 Å². The third kappa shape index (κ3) is 2.52. The van der Waals surface area contributed by atoms with Crippen LogP contribution in [-0.4, -0.2) is 4.98 Å². The van der Waals surface area contributed by atoms with Gasteiger partial charge in [-0.3, -0.25) is 0 Å². The number of rotatable bonds is 2. The molecule has 1 aliphatic rings. The molecule has 1 aromatic heterocycles. The molecule has 0 radical (unpaired) electrons. The Kier molecular flexibility index (Phi) is 3.43. The lowest BCUT2D eigenvalue weighted by atomic mass is 9.93. The SMILES string of the molecule is CC(C)(C)c1csc(CC2Cc3ccccc3C2N)n1. The van der Waals surface area contributed by atoms with Crippen LogP contribution < -0.4 is 5.73 Å². The molecule has 2 atom stereocenters. The second kappa shape index (κ2) is 4.97. The molecule has 1 aromatic carbocycles. The van der Waals surface area contributed by atoms with E-state index >= 15 is 0 Å². The van der Waals surface area contributed by atoms with Crippen molar-refractivity contribution in [2.24, 2.45) is 11.7 Å². The number of nitrogens with two attached hydrogens (primary N) is 1. The molecule has 0 saturated heterocycles. The summed E-state index contributed by atoms with van der Waals surface area (Å²) in [6.45, 7) is 6.63. The highest BCUT2D eigenvalue weighted by molar-refractivity contribution is 7.09. The van der Waals surface area contributed by atoms with Crippen molar-refractivity contribution < 1.29 is 0 Å². The average Bonchev–Trinajstić information content (AvgIpc) is 2.97. The summed E-state index contributed by atoms with van der Waals surface area (Å²) in [4.78, 5) is 4.81. The predicted molar refractivity (Wildman–Crippen MR) is 85.1 cm³/mol. The van der Waals surface area contributed by atoms with Gasteiger partial charge in [-0.1, -0.05) is 45.0 Å². The van der Waals surface area contributed by atoms with Crippen molar-refractivity contribution in [3.63, 3.8) is 0 Å². The Morgan fingerprint density at radius 2 is 2.05 bits per heavy atom. The Bertz CT molecular complexity index is 609.